The van der Waals surface area contributed by atoms with E-state index in [0.717, 1.165) is 17.5 Å². The summed E-state index contributed by atoms with van der Waals surface area (Å²) in [5.74, 6) is -0.0271. The Kier molecular flexibility index (Phi) is 4.42. The molecular weight excluding hydrogens is 252 g/mol. The summed E-state index contributed by atoms with van der Waals surface area (Å²) in [4.78, 5) is 25.8. The molecule has 0 aliphatic carbocycles. The van der Waals surface area contributed by atoms with Gasteiger partial charge in [0.2, 0.25) is 11.8 Å². The molecule has 1 N–H and O–H groups in total. The number of amides is 2. The van der Waals surface area contributed by atoms with E-state index in [4.69, 9.17) is 0 Å². The van der Waals surface area contributed by atoms with Crippen molar-refractivity contribution in [3.05, 3.63) is 34.9 Å². The van der Waals surface area contributed by atoms with Crippen molar-refractivity contribution in [2.75, 3.05) is 6.54 Å². The first kappa shape index (κ1) is 14.6. The molecule has 0 bridgehead atoms. The monoisotopic (exact) mass is 274 g/mol. The Bertz CT molecular complexity index is 525. The average Bonchev–Trinajstić information content (AvgIpc) is 2.39. The fourth-order valence-corrected chi connectivity index (χ4v) is 2.57. The molecule has 1 aliphatic rings. The van der Waals surface area contributed by atoms with Crippen LogP contribution >= 0.6 is 0 Å². The quantitative estimate of drug-likeness (QED) is 0.912. The summed E-state index contributed by atoms with van der Waals surface area (Å²) in [5.41, 5.74) is 3.44. The molecule has 1 atom stereocenters. The number of carbonyl (C=O) groups excluding carboxylic acids is 2. The molecule has 4 nitrogen and oxygen atoms in total. The molecule has 1 aromatic rings. The van der Waals surface area contributed by atoms with Gasteiger partial charge in [-0.15, -0.1) is 0 Å². The molecule has 0 radical (unpaired) electrons. The first-order valence-electron chi connectivity index (χ1n) is 7.15. The molecule has 1 saturated heterocycles. The van der Waals surface area contributed by atoms with E-state index in [1.54, 1.807) is 4.90 Å². The molecule has 4 heteroatoms. The predicted octanol–water partition coefficient (Wildman–Crippen LogP) is 1.93. The highest BCUT2D eigenvalue weighted by atomic mass is 16.2. The van der Waals surface area contributed by atoms with Crippen molar-refractivity contribution in [3.63, 3.8) is 0 Å². The zero-order valence-electron chi connectivity index (χ0n) is 12.4. The second kappa shape index (κ2) is 6.07. The predicted molar refractivity (Wildman–Crippen MR) is 78.2 cm³/mol. The Labute approximate surface area is 120 Å². The molecule has 108 valence electrons. The van der Waals surface area contributed by atoms with Crippen LogP contribution in [0.15, 0.2) is 18.2 Å². The molecular formula is C16H22N2O2. The van der Waals surface area contributed by atoms with Gasteiger partial charge >= 0.3 is 0 Å². The van der Waals surface area contributed by atoms with Crippen molar-refractivity contribution in [2.45, 2.75) is 46.2 Å². The highest BCUT2D eigenvalue weighted by Gasteiger charge is 2.31. The highest BCUT2D eigenvalue weighted by Crippen LogP contribution is 2.16. The van der Waals surface area contributed by atoms with Gasteiger partial charge in [0.15, 0.2) is 0 Å². The minimum Gasteiger partial charge on any atom is -0.343 e. The molecule has 0 aromatic heterocycles. The standard InChI is InChI=1S/C16H22N2O2/c1-4-5-14-16(20)18(10-15(19)17-14)9-13-8-11(2)6-7-12(13)3/h6-8,14H,4-5,9-10H2,1-3H3,(H,17,19). The number of nitrogens with zero attached hydrogens (tertiary/aromatic N) is 1. The number of aryl methyl sites for hydroxylation is 2. The van der Waals surface area contributed by atoms with Gasteiger partial charge in [0.05, 0.1) is 6.54 Å². The normalized spacial score (nSPS) is 19.1. The van der Waals surface area contributed by atoms with E-state index in [-0.39, 0.29) is 24.4 Å². The number of nitrogens with one attached hydrogen (secondary N) is 1. The number of piperazine rings is 1. The zero-order chi connectivity index (χ0) is 14.7. The second-order valence-electron chi connectivity index (χ2n) is 5.53. The van der Waals surface area contributed by atoms with Crippen LogP contribution in [-0.4, -0.2) is 29.3 Å². The van der Waals surface area contributed by atoms with Crippen LogP contribution in [0, 0.1) is 13.8 Å². The molecule has 0 spiro atoms. The summed E-state index contributed by atoms with van der Waals surface area (Å²) in [6, 6.07) is 5.85. The Morgan fingerprint density at radius 2 is 2.05 bits per heavy atom. The fraction of sp³-hybridized carbons (Fsp3) is 0.500. The van der Waals surface area contributed by atoms with Gasteiger partial charge in [0, 0.05) is 6.54 Å². The Morgan fingerprint density at radius 1 is 1.30 bits per heavy atom. The smallest absolute Gasteiger partial charge is 0.245 e. The SMILES string of the molecule is CCCC1NC(=O)CN(Cc2cc(C)ccc2C)C1=O. The maximum atomic E-state index is 12.4. The van der Waals surface area contributed by atoms with Crippen LogP contribution in [0.25, 0.3) is 0 Å². The minimum atomic E-state index is -0.355. The molecule has 1 aliphatic heterocycles. The van der Waals surface area contributed by atoms with E-state index in [2.05, 4.69) is 23.5 Å². The van der Waals surface area contributed by atoms with Crippen LogP contribution in [0.2, 0.25) is 0 Å². The van der Waals surface area contributed by atoms with Crippen molar-refractivity contribution < 1.29 is 9.59 Å². The van der Waals surface area contributed by atoms with E-state index in [9.17, 15) is 9.59 Å². The molecule has 1 unspecified atom stereocenters. The van der Waals surface area contributed by atoms with Gasteiger partial charge in [-0.05, 0) is 31.4 Å². The van der Waals surface area contributed by atoms with Crippen LogP contribution in [-0.2, 0) is 16.1 Å². The van der Waals surface area contributed by atoms with Crippen molar-refractivity contribution in [1.29, 1.82) is 0 Å². The maximum absolute atomic E-state index is 12.4. The largest absolute Gasteiger partial charge is 0.343 e. The Balaban J connectivity index is 2.16. The van der Waals surface area contributed by atoms with E-state index >= 15 is 0 Å². The van der Waals surface area contributed by atoms with Gasteiger partial charge < -0.3 is 10.2 Å². The van der Waals surface area contributed by atoms with Crippen LogP contribution in [0.3, 0.4) is 0 Å². The Morgan fingerprint density at radius 3 is 2.75 bits per heavy atom. The summed E-state index contributed by atoms with van der Waals surface area (Å²) in [6.07, 6.45) is 1.59. The fourth-order valence-electron chi connectivity index (χ4n) is 2.57. The molecule has 1 fully saturated rings. The van der Waals surface area contributed by atoms with E-state index in [1.807, 2.05) is 20.8 Å². The first-order chi connectivity index (χ1) is 9.51. The topological polar surface area (TPSA) is 49.4 Å². The lowest BCUT2D eigenvalue weighted by atomic mass is 10.0. The third-order valence-corrected chi connectivity index (χ3v) is 3.72. The average molecular weight is 274 g/mol. The lowest BCUT2D eigenvalue weighted by molar-refractivity contribution is -0.145. The van der Waals surface area contributed by atoms with Crippen LogP contribution in [0.4, 0.5) is 0 Å². The first-order valence-corrected chi connectivity index (χ1v) is 7.15. The summed E-state index contributed by atoms with van der Waals surface area (Å²) in [7, 11) is 0. The third kappa shape index (κ3) is 3.18. The molecule has 20 heavy (non-hydrogen) atoms. The van der Waals surface area contributed by atoms with Crippen molar-refractivity contribution in [1.82, 2.24) is 10.2 Å². The summed E-state index contributed by atoms with van der Waals surface area (Å²) < 4.78 is 0. The van der Waals surface area contributed by atoms with Gasteiger partial charge in [-0.2, -0.15) is 0 Å². The van der Waals surface area contributed by atoms with E-state index in [1.165, 1.54) is 5.56 Å². The van der Waals surface area contributed by atoms with Gasteiger partial charge in [0.1, 0.15) is 6.04 Å². The summed E-state index contributed by atoms with van der Waals surface area (Å²) in [5, 5.41) is 2.78. The zero-order valence-corrected chi connectivity index (χ0v) is 12.4. The lowest BCUT2D eigenvalue weighted by Crippen LogP contribution is -2.57. The maximum Gasteiger partial charge on any atom is 0.245 e. The number of hydrogen-bond donors (Lipinski definition) is 1. The van der Waals surface area contributed by atoms with E-state index in [0.29, 0.717) is 13.0 Å². The van der Waals surface area contributed by atoms with Crippen molar-refractivity contribution in [3.8, 4) is 0 Å². The summed E-state index contributed by atoms with van der Waals surface area (Å²) in [6.45, 7) is 6.76. The molecule has 2 rings (SSSR count). The van der Waals surface area contributed by atoms with Gasteiger partial charge in [-0.25, -0.2) is 0 Å². The number of benzene rings is 1. The Hall–Kier alpha value is -1.84. The van der Waals surface area contributed by atoms with Gasteiger partial charge in [-0.1, -0.05) is 37.1 Å². The van der Waals surface area contributed by atoms with Crippen molar-refractivity contribution >= 4 is 11.8 Å². The molecule has 1 heterocycles. The van der Waals surface area contributed by atoms with Crippen molar-refractivity contribution in [2.24, 2.45) is 0 Å². The summed E-state index contributed by atoms with van der Waals surface area (Å²) >= 11 is 0. The molecule has 2 amide bonds. The van der Waals surface area contributed by atoms with Crippen LogP contribution in [0.1, 0.15) is 36.5 Å². The van der Waals surface area contributed by atoms with E-state index < -0.39 is 0 Å². The third-order valence-electron chi connectivity index (χ3n) is 3.72. The molecule has 0 saturated carbocycles. The number of carbonyl (C=O) groups is 2. The van der Waals surface area contributed by atoms with Gasteiger partial charge in [-0.3, -0.25) is 9.59 Å². The van der Waals surface area contributed by atoms with Gasteiger partial charge in [0.25, 0.3) is 0 Å². The molecule has 1 aromatic carbocycles. The number of hydrogen-bond acceptors (Lipinski definition) is 2. The number of rotatable bonds is 4. The highest BCUT2D eigenvalue weighted by molar-refractivity contribution is 5.94. The minimum absolute atomic E-state index is 0.0346. The van der Waals surface area contributed by atoms with Crippen LogP contribution < -0.4 is 5.32 Å². The van der Waals surface area contributed by atoms with Crippen LogP contribution in [0.5, 0.6) is 0 Å². The lowest BCUT2D eigenvalue weighted by Gasteiger charge is -2.33. The second-order valence-corrected chi connectivity index (χ2v) is 5.53.